The van der Waals surface area contributed by atoms with Gasteiger partial charge < -0.3 is 15.2 Å². The molecule has 2 N–H and O–H groups in total. The standard InChI is InChI=1S/C18H19N3O2/c22-16(15-7-4-9-19-15)21-11-14(13-5-2-1-3-6-13)18(12-21)8-10-20-17(18)23/h1-7,9,14,19H,8,10-12H2,(H,20,23)/t14-,18+/m1/s1. The van der Waals surface area contributed by atoms with Crippen molar-refractivity contribution in [3.05, 3.63) is 59.9 Å². The lowest BCUT2D eigenvalue weighted by Gasteiger charge is -2.27. The van der Waals surface area contributed by atoms with Gasteiger partial charge in [-0.25, -0.2) is 0 Å². The zero-order valence-electron chi connectivity index (χ0n) is 12.8. The maximum Gasteiger partial charge on any atom is 0.270 e. The van der Waals surface area contributed by atoms with Crippen molar-refractivity contribution >= 4 is 11.8 Å². The molecule has 0 bridgehead atoms. The molecule has 2 saturated heterocycles. The number of hydrogen-bond donors (Lipinski definition) is 2. The number of hydrogen-bond acceptors (Lipinski definition) is 2. The van der Waals surface area contributed by atoms with E-state index in [2.05, 4.69) is 22.4 Å². The summed E-state index contributed by atoms with van der Waals surface area (Å²) in [5.74, 6) is 0.0887. The molecular formula is C18H19N3O2. The minimum Gasteiger partial charge on any atom is -0.357 e. The Morgan fingerprint density at radius 1 is 1.17 bits per heavy atom. The molecule has 3 heterocycles. The van der Waals surface area contributed by atoms with Gasteiger partial charge in [-0.2, -0.15) is 0 Å². The van der Waals surface area contributed by atoms with E-state index in [1.54, 1.807) is 12.3 Å². The molecule has 2 aliphatic heterocycles. The predicted molar refractivity (Wildman–Crippen MR) is 85.9 cm³/mol. The van der Waals surface area contributed by atoms with Gasteiger partial charge in [-0.1, -0.05) is 30.3 Å². The lowest BCUT2D eigenvalue weighted by atomic mass is 9.73. The highest BCUT2D eigenvalue weighted by Crippen LogP contribution is 2.47. The highest BCUT2D eigenvalue weighted by Gasteiger charge is 2.55. The van der Waals surface area contributed by atoms with Crippen LogP contribution in [-0.2, 0) is 4.79 Å². The quantitative estimate of drug-likeness (QED) is 0.888. The van der Waals surface area contributed by atoms with Gasteiger partial charge in [0.1, 0.15) is 5.69 Å². The van der Waals surface area contributed by atoms with Crippen LogP contribution in [0.15, 0.2) is 48.7 Å². The summed E-state index contributed by atoms with van der Waals surface area (Å²) in [5.41, 5.74) is 1.21. The minimum atomic E-state index is -0.496. The Balaban J connectivity index is 1.70. The van der Waals surface area contributed by atoms with Gasteiger partial charge in [0, 0.05) is 31.7 Å². The maximum atomic E-state index is 12.7. The number of H-pyrrole nitrogens is 1. The van der Waals surface area contributed by atoms with Crippen LogP contribution in [0.25, 0.3) is 0 Å². The lowest BCUT2D eigenvalue weighted by Crippen LogP contribution is -2.38. The van der Waals surface area contributed by atoms with Crippen molar-refractivity contribution in [3.8, 4) is 0 Å². The zero-order chi connectivity index (χ0) is 15.9. The van der Waals surface area contributed by atoms with Crippen LogP contribution in [0, 0.1) is 5.41 Å². The third kappa shape index (κ3) is 2.15. The van der Waals surface area contributed by atoms with Crippen LogP contribution in [0.2, 0.25) is 0 Å². The number of likely N-dealkylation sites (tertiary alicyclic amines) is 1. The second kappa shape index (κ2) is 5.26. The zero-order valence-corrected chi connectivity index (χ0v) is 12.8. The van der Waals surface area contributed by atoms with E-state index in [-0.39, 0.29) is 17.7 Å². The monoisotopic (exact) mass is 309 g/mol. The number of benzene rings is 1. The molecule has 0 radical (unpaired) electrons. The number of rotatable bonds is 2. The lowest BCUT2D eigenvalue weighted by molar-refractivity contribution is -0.127. The minimum absolute atomic E-state index is 0.0347. The van der Waals surface area contributed by atoms with Gasteiger partial charge in [0.15, 0.2) is 0 Å². The number of aromatic nitrogens is 1. The van der Waals surface area contributed by atoms with Crippen molar-refractivity contribution < 1.29 is 9.59 Å². The smallest absolute Gasteiger partial charge is 0.270 e. The first-order valence-corrected chi connectivity index (χ1v) is 7.97. The highest BCUT2D eigenvalue weighted by molar-refractivity contribution is 5.94. The molecule has 1 spiro atoms. The fourth-order valence-corrected chi connectivity index (χ4v) is 3.98. The normalized spacial score (nSPS) is 26.7. The Labute approximate surface area is 134 Å². The molecule has 2 fully saturated rings. The molecule has 0 saturated carbocycles. The van der Waals surface area contributed by atoms with E-state index in [9.17, 15) is 9.59 Å². The summed E-state index contributed by atoms with van der Waals surface area (Å²) in [6.07, 6.45) is 2.52. The van der Waals surface area contributed by atoms with Crippen molar-refractivity contribution in [1.82, 2.24) is 15.2 Å². The SMILES string of the molecule is O=C(c1ccc[nH]1)N1C[C@H](c2ccccc2)[C@]2(CCNC2=O)C1. The van der Waals surface area contributed by atoms with E-state index >= 15 is 0 Å². The van der Waals surface area contributed by atoms with E-state index in [1.807, 2.05) is 29.2 Å². The van der Waals surface area contributed by atoms with Crippen LogP contribution < -0.4 is 5.32 Å². The molecule has 0 unspecified atom stereocenters. The molecule has 2 amide bonds. The molecule has 5 heteroatoms. The van der Waals surface area contributed by atoms with Crippen molar-refractivity contribution in [2.75, 3.05) is 19.6 Å². The molecule has 0 aliphatic carbocycles. The molecule has 2 aromatic rings. The largest absolute Gasteiger partial charge is 0.357 e. The molecule has 1 aromatic carbocycles. The molecule has 4 rings (SSSR count). The second-order valence-electron chi connectivity index (χ2n) is 6.39. The topological polar surface area (TPSA) is 65.2 Å². The first-order chi connectivity index (χ1) is 11.2. The summed E-state index contributed by atoms with van der Waals surface area (Å²) in [6.45, 7) is 1.75. The highest BCUT2D eigenvalue weighted by atomic mass is 16.2. The van der Waals surface area contributed by atoms with E-state index in [0.717, 1.165) is 12.0 Å². The first kappa shape index (κ1) is 14.1. The van der Waals surface area contributed by atoms with Gasteiger partial charge in [0.25, 0.3) is 5.91 Å². The van der Waals surface area contributed by atoms with E-state index < -0.39 is 5.41 Å². The Morgan fingerprint density at radius 3 is 2.65 bits per heavy atom. The summed E-state index contributed by atoms with van der Waals surface area (Å²) < 4.78 is 0. The van der Waals surface area contributed by atoms with Crippen molar-refractivity contribution in [2.24, 2.45) is 5.41 Å². The fourth-order valence-electron chi connectivity index (χ4n) is 3.98. The molecule has 23 heavy (non-hydrogen) atoms. The maximum absolute atomic E-state index is 12.7. The van der Waals surface area contributed by atoms with Crippen LogP contribution in [0.5, 0.6) is 0 Å². The van der Waals surface area contributed by atoms with Crippen LogP contribution in [0.3, 0.4) is 0 Å². The summed E-state index contributed by atoms with van der Waals surface area (Å²) >= 11 is 0. The van der Waals surface area contributed by atoms with Crippen LogP contribution in [0.4, 0.5) is 0 Å². The summed E-state index contributed by atoms with van der Waals surface area (Å²) in [5, 5.41) is 2.96. The van der Waals surface area contributed by atoms with Gasteiger partial charge in [-0.05, 0) is 24.1 Å². The van der Waals surface area contributed by atoms with Crippen LogP contribution >= 0.6 is 0 Å². The molecule has 5 nitrogen and oxygen atoms in total. The van der Waals surface area contributed by atoms with Gasteiger partial charge in [-0.3, -0.25) is 9.59 Å². The fraction of sp³-hybridized carbons (Fsp3) is 0.333. The Bertz CT molecular complexity index is 726. The number of carbonyl (C=O) groups excluding carboxylic acids is 2. The van der Waals surface area contributed by atoms with Crippen LogP contribution in [0.1, 0.15) is 28.4 Å². The average Bonchev–Trinajstić information content (AvgIpc) is 3.30. The molecule has 118 valence electrons. The van der Waals surface area contributed by atoms with Gasteiger partial charge >= 0.3 is 0 Å². The van der Waals surface area contributed by atoms with E-state index in [0.29, 0.717) is 25.3 Å². The van der Waals surface area contributed by atoms with Crippen LogP contribution in [-0.4, -0.2) is 41.3 Å². The summed E-state index contributed by atoms with van der Waals surface area (Å²) in [7, 11) is 0. The average molecular weight is 309 g/mol. The third-order valence-corrected chi connectivity index (χ3v) is 5.17. The molecule has 1 aromatic heterocycles. The molecular weight excluding hydrogens is 290 g/mol. The molecule has 2 aliphatic rings. The summed E-state index contributed by atoms with van der Waals surface area (Å²) in [4.78, 5) is 30.1. The van der Waals surface area contributed by atoms with Gasteiger partial charge in [0.2, 0.25) is 5.91 Å². The number of carbonyl (C=O) groups is 2. The number of amides is 2. The number of nitrogens with one attached hydrogen (secondary N) is 2. The molecule has 2 atom stereocenters. The first-order valence-electron chi connectivity index (χ1n) is 7.97. The number of aromatic amines is 1. The Hall–Kier alpha value is -2.56. The van der Waals surface area contributed by atoms with Crippen molar-refractivity contribution in [1.29, 1.82) is 0 Å². The Kier molecular flexibility index (Phi) is 3.22. The second-order valence-corrected chi connectivity index (χ2v) is 6.39. The third-order valence-electron chi connectivity index (χ3n) is 5.17. The van der Waals surface area contributed by atoms with Crippen molar-refractivity contribution in [3.63, 3.8) is 0 Å². The number of nitrogens with zero attached hydrogens (tertiary/aromatic N) is 1. The predicted octanol–water partition coefficient (Wildman–Crippen LogP) is 1.76. The van der Waals surface area contributed by atoms with Gasteiger partial charge in [-0.15, -0.1) is 0 Å². The summed E-state index contributed by atoms with van der Waals surface area (Å²) in [6, 6.07) is 13.7. The van der Waals surface area contributed by atoms with Gasteiger partial charge in [0.05, 0.1) is 5.41 Å². The Morgan fingerprint density at radius 2 is 2.00 bits per heavy atom. The van der Waals surface area contributed by atoms with E-state index in [1.165, 1.54) is 0 Å². The van der Waals surface area contributed by atoms with Crippen molar-refractivity contribution in [2.45, 2.75) is 12.3 Å². The van der Waals surface area contributed by atoms with E-state index in [4.69, 9.17) is 0 Å².